The van der Waals surface area contributed by atoms with Gasteiger partial charge in [0.2, 0.25) is 0 Å². The van der Waals surface area contributed by atoms with Gasteiger partial charge in [0.25, 0.3) is 0 Å². The average molecular weight is 197 g/mol. The first-order valence-electron chi connectivity index (χ1n) is 3.99. The van der Waals surface area contributed by atoms with Crippen molar-refractivity contribution in [2.24, 2.45) is 11.5 Å². The third-order valence-electron chi connectivity index (χ3n) is 1.88. The molecule has 0 heterocycles. The molecule has 6 nitrogen and oxygen atoms in total. The van der Waals surface area contributed by atoms with Crippen molar-refractivity contribution in [1.29, 1.82) is 0 Å². The summed E-state index contributed by atoms with van der Waals surface area (Å²) in [4.78, 5) is 9.79. The van der Waals surface area contributed by atoms with Gasteiger partial charge in [-0.25, -0.2) is 0 Å². The van der Waals surface area contributed by atoms with E-state index in [1.807, 2.05) is 0 Å². The van der Waals surface area contributed by atoms with Crippen LogP contribution in [0.5, 0.6) is 5.75 Å². The van der Waals surface area contributed by atoms with Crippen LogP contribution in [0.2, 0.25) is 0 Å². The van der Waals surface area contributed by atoms with Gasteiger partial charge in [-0.15, -0.1) is 0 Å². The van der Waals surface area contributed by atoms with Crippen LogP contribution >= 0.6 is 0 Å². The van der Waals surface area contributed by atoms with Gasteiger partial charge in [0.05, 0.1) is 4.92 Å². The zero-order valence-electron chi connectivity index (χ0n) is 7.38. The van der Waals surface area contributed by atoms with Crippen molar-refractivity contribution in [2.45, 2.75) is 6.04 Å². The maximum Gasteiger partial charge on any atom is 0.311 e. The van der Waals surface area contributed by atoms with Crippen molar-refractivity contribution < 1.29 is 10.0 Å². The minimum absolute atomic E-state index is 0.196. The van der Waals surface area contributed by atoms with Crippen molar-refractivity contribution >= 4 is 5.69 Å². The summed E-state index contributed by atoms with van der Waals surface area (Å²) in [6, 6.07) is 3.53. The second-order valence-corrected chi connectivity index (χ2v) is 2.85. The van der Waals surface area contributed by atoms with Crippen LogP contribution < -0.4 is 11.5 Å². The molecule has 14 heavy (non-hydrogen) atoms. The molecule has 0 aliphatic heterocycles. The van der Waals surface area contributed by atoms with Crippen molar-refractivity contribution in [3.8, 4) is 5.75 Å². The second kappa shape index (κ2) is 4.03. The first-order valence-corrected chi connectivity index (χ1v) is 3.99. The van der Waals surface area contributed by atoms with E-state index >= 15 is 0 Å². The minimum atomic E-state index is -0.665. The molecule has 5 N–H and O–H groups in total. The molecule has 0 saturated carbocycles. The molecule has 0 aromatic heterocycles. The van der Waals surface area contributed by atoms with Crippen molar-refractivity contribution in [1.82, 2.24) is 0 Å². The van der Waals surface area contributed by atoms with Gasteiger partial charge < -0.3 is 16.6 Å². The van der Waals surface area contributed by atoms with E-state index in [0.29, 0.717) is 5.56 Å². The Morgan fingerprint density at radius 1 is 1.57 bits per heavy atom. The van der Waals surface area contributed by atoms with Crippen LogP contribution in [0, 0.1) is 10.1 Å². The molecular formula is C8H11N3O3. The number of hydrogen-bond donors (Lipinski definition) is 3. The largest absolute Gasteiger partial charge is 0.502 e. The molecule has 0 amide bonds. The van der Waals surface area contributed by atoms with Gasteiger partial charge in [0, 0.05) is 18.7 Å². The Kier molecular flexibility index (Phi) is 3.00. The van der Waals surface area contributed by atoms with E-state index in [9.17, 15) is 10.1 Å². The molecule has 76 valence electrons. The van der Waals surface area contributed by atoms with Gasteiger partial charge >= 0.3 is 5.69 Å². The number of hydrogen-bond acceptors (Lipinski definition) is 5. The zero-order chi connectivity index (χ0) is 10.7. The van der Waals surface area contributed by atoms with Crippen LogP contribution in [0.4, 0.5) is 5.69 Å². The van der Waals surface area contributed by atoms with Crippen molar-refractivity contribution in [3.63, 3.8) is 0 Å². The molecule has 0 fully saturated rings. The summed E-state index contributed by atoms with van der Waals surface area (Å²) in [6.07, 6.45) is 0. The summed E-state index contributed by atoms with van der Waals surface area (Å²) in [6.45, 7) is 0.196. The molecule has 1 aromatic carbocycles. The minimum Gasteiger partial charge on any atom is -0.502 e. The number of nitrogens with two attached hydrogens (primary N) is 2. The third kappa shape index (κ3) is 1.98. The Balaban J connectivity index is 3.12. The zero-order valence-corrected chi connectivity index (χ0v) is 7.38. The Bertz CT molecular complexity index is 354. The quantitative estimate of drug-likeness (QED) is 0.474. The molecule has 0 bridgehead atoms. The molecule has 0 saturated heterocycles. The lowest BCUT2D eigenvalue weighted by Crippen LogP contribution is -2.20. The summed E-state index contributed by atoms with van der Waals surface area (Å²) < 4.78 is 0. The number of aromatic hydroxyl groups is 1. The van der Waals surface area contributed by atoms with Crippen LogP contribution in [0.1, 0.15) is 11.6 Å². The molecular weight excluding hydrogens is 186 g/mol. The SMILES string of the molecule is NCC(N)c1ccc(O)c([N+](=O)[O-])c1. The van der Waals surface area contributed by atoms with Crippen LogP contribution in [0.25, 0.3) is 0 Å². The van der Waals surface area contributed by atoms with Crippen LogP contribution in [0.15, 0.2) is 18.2 Å². The Hall–Kier alpha value is -1.66. The molecule has 1 atom stereocenters. The first-order chi connectivity index (χ1) is 6.56. The summed E-state index contributed by atoms with van der Waals surface area (Å²) in [5.41, 5.74) is 11.1. The molecule has 0 aliphatic rings. The number of phenolic OH excluding ortho intramolecular Hbond substituents is 1. The lowest BCUT2D eigenvalue weighted by molar-refractivity contribution is -0.385. The van der Waals surface area contributed by atoms with Gasteiger partial charge in [0.1, 0.15) is 0 Å². The van der Waals surface area contributed by atoms with Gasteiger partial charge in [-0.3, -0.25) is 10.1 Å². The second-order valence-electron chi connectivity index (χ2n) is 2.85. The fourth-order valence-corrected chi connectivity index (χ4v) is 1.05. The highest BCUT2D eigenvalue weighted by molar-refractivity contribution is 5.48. The first kappa shape index (κ1) is 10.4. The highest BCUT2D eigenvalue weighted by Crippen LogP contribution is 2.27. The molecule has 1 aromatic rings. The number of nitrogens with zero attached hydrogens (tertiary/aromatic N) is 1. The van der Waals surface area contributed by atoms with Gasteiger partial charge in [-0.1, -0.05) is 6.07 Å². The molecule has 1 unspecified atom stereocenters. The normalized spacial score (nSPS) is 12.4. The summed E-state index contributed by atoms with van der Waals surface area (Å²) in [5, 5.41) is 19.6. The van der Waals surface area contributed by atoms with E-state index in [-0.39, 0.29) is 18.0 Å². The molecule has 0 radical (unpaired) electrons. The maximum atomic E-state index is 10.5. The van der Waals surface area contributed by atoms with E-state index in [1.54, 1.807) is 0 Å². The van der Waals surface area contributed by atoms with Crippen molar-refractivity contribution in [3.05, 3.63) is 33.9 Å². The fourth-order valence-electron chi connectivity index (χ4n) is 1.05. The van der Waals surface area contributed by atoms with E-state index in [2.05, 4.69) is 0 Å². The number of benzene rings is 1. The maximum absolute atomic E-state index is 10.5. The lowest BCUT2D eigenvalue weighted by Gasteiger charge is -2.08. The molecule has 6 heteroatoms. The topological polar surface area (TPSA) is 115 Å². The number of nitro groups is 1. The van der Waals surface area contributed by atoms with Gasteiger partial charge in [-0.05, 0) is 11.6 Å². The predicted molar refractivity (Wildman–Crippen MR) is 50.7 cm³/mol. The van der Waals surface area contributed by atoms with Crippen LogP contribution in [0.3, 0.4) is 0 Å². The Morgan fingerprint density at radius 3 is 2.71 bits per heavy atom. The standard InChI is InChI=1S/C8H11N3O3/c9-4-6(10)5-1-2-8(12)7(3-5)11(13)14/h1-3,6,12H,4,9-10H2. The lowest BCUT2D eigenvalue weighted by atomic mass is 10.1. The third-order valence-corrected chi connectivity index (χ3v) is 1.88. The van der Waals surface area contributed by atoms with E-state index in [0.717, 1.165) is 0 Å². The van der Waals surface area contributed by atoms with E-state index in [1.165, 1.54) is 18.2 Å². The summed E-state index contributed by atoms with van der Waals surface area (Å²) in [5.74, 6) is -0.372. The van der Waals surface area contributed by atoms with Crippen LogP contribution in [-0.2, 0) is 0 Å². The molecule has 0 aliphatic carbocycles. The highest BCUT2D eigenvalue weighted by atomic mass is 16.6. The highest BCUT2D eigenvalue weighted by Gasteiger charge is 2.15. The predicted octanol–water partition coefficient (Wildman–Crippen LogP) is 0.259. The molecule has 1 rings (SSSR count). The number of nitro benzene ring substituents is 1. The van der Waals surface area contributed by atoms with E-state index in [4.69, 9.17) is 16.6 Å². The van der Waals surface area contributed by atoms with E-state index < -0.39 is 11.0 Å². The van der Waals surface area contributed by atoms with Crippen LogP contribution in [-0.4, -0.2) is 16.6 Å². The Labute approximate surface area is 80.3 Å². The monoisotopic (exact) mass is 197 g/mol. The smallest absolute Gasteiger partial charge is 0.311 e. The summed E-state index contributed by atoms with van der Waals surface area (Å²) in [7, 11) is 0. The van der Waals surface area contributed by atoms with Gasteiger partial charge in [0.15, 0.2) is 5.75 Å². The number of rotatable bonds is 3. The Morgan fingerprint density at radius 2 is 2.21 bits per heavy atom. The molecule has 0 spiro atoms. The van der Waals surface area contributed by atoms with Gasteiger partial charge in [-0.2, -0.15) is 0 Å². The summed E-state index contributed by atoms with van der Waals surface area (Å²) >= 11 is 0. The average Bonchev–Trinajstić information content (AvgIpc) is 2.17. The number of phenols is 1. The van der Waals surface area contributed by atoms with Crippen molar-refractivity contribution in [2.75, 3.05) is 6.54 Å². The fraction of sp³-hybridized carbons (Fsp3) is 0.250.